The van der Waals surface area contributed by atoms with Gasteiger partial charge in [0.05, 0.1) is 6.04 Å². The van der Waals surface area contributed by atoms with Crippen LogP contribution < -0.4 is 0 Å². The maximum atomic E-state index is 12.5. The minimum Gasteiger partial charge on any atom is -0.343 e. The fourth-order valence-electron chi connectivity index (χ4n) is 2.58. The van der Waals surface area contributed by atoms with Crippen molar-refractivity contribution in [3.05, 3.63) is 0 Å². The van der Waals surface area contributed by atoms with E-state index in [1.165, 1.54) is 14.2 Å². The van der Waals surface area contributed by atoms with Crippen LogP contribution in [0.15, 0.2) is 0 Å². The Kier molecular flexibility index (Phi) is 3.62. The molecule has 0 amide bonds. The van der Waals surface area contributed by atoms with Crippen LogP contribution in [0, 0.1) is 0 Å². The molecule has 2 fully saturated rings. The highest BCUT2D eigenvalue weighted by Crippen LogP contribution is 2.59. The van der Waals surface area contributed by atoms with Crippen LogP contribution in [-0.4, -0.2) is 54.3 Å². The van der Waals surface area contributed by atoms with Crippen molar-refractivity contribution in [3.8, 4) is 0 Å². The molecule has 2 rings (SSSR count). The molecule has 2 heterocycles. The number of hydrogen-bond acceptors (Lipinski definition) is 7. The molecule has 0 aliphatic carbocycles. The molecular formula is C10H20NO6P. The Labute approximate surface area is 106 Å². The van der Waals surface area contributed by atoms with Crippen LogP contribution in [-0.2, 0) is 23.1 Å². The highest BCUT2D eigenvalue weighted by Gasteiger charge is 2.62. The standard InChI is InChI=1S/C10H20NO6P/c1-6-7-8(17-10(2,3)16-7)9(11(6)12)18(13,14-4)15-5/h6-9,12H,1-5H3/t6-,7+,8+,9-/m0/s1. The first-order chi connectivity index (χ1) is 8.25. The molecule has 0 bridgehead atoms. The van der Waals surface area contributed by atoms with Crippen LogP contribution in [0.2, 0.25) is 0 Å². The summed E-state index contributed by atoms with van der Waals surface area (Å²) in [6, 6.07) is -0.347. The van der Waals surface area contributed by atoms with Gasteiger partial charge in [0.1, 0.15) is 12.2 Å². The van der Waals surface area contributed by atoms with E-state index in [1.54, 1.807) is 20.8 Å². The van der Waals surface area contributed by atoms with Gasteiger partial charge in [-0.15, -0.1) is 0 Å². The normalized spacial score (nSPS) is 40.1. The summed E-state index contributed by atoms with van der Waals surface area (Å²) in [6.07, 6.45) is -0.917. The van der Waals surface area contributed by atoms with E-state index in [-0.39, 0.29) is 12.1 Å². The smallest absolute Gasteiger partial charge is 0.343 e. The lowest BCUT2D eigenvalue weighted by atomic mass is 10.2. The Morgan fingerprint density at radius 2 is 1.72 bits per heavy atom. The average Bonchev–Trinajstić information content (AvgIpc) is 2.73. The van der Waals surface area contributed by atoms with Crippen molar-refractivity contribution in [3.63, 3.8) is 0 Å². The highest BCUT2D eigenvalue weighted by atomic mass is 31.2. The lowest BCUT2D eigenvalue weighted by Crippen LogP contribution is -2.39. The molecule has 7 nitrogen and oxygen atoms in total. The van der Waals surface area contributed by atoms with Crippen LogP contribution in [0.25, 0.3) is 0 Å². The molecule has 8 heteroatoms. The molecule has 2 aliphatic heterocycles. The lowest BCUT2D eigenvalue weighted by Gasteiger charge is -2.30. The second-order valence-electron chi connectivity index (χ2n) is 5.00. The molecule has 106 valence electrons. The topological polar surface area (TPSA) is 77.5 Å². The van der Waals surface area contributed by atoms with Gasteiger partial charge in [0.2, 0.25) is 0 Å². The molecule has 0 aromatic carbocycles. The molecule has 0 aromatic heterocycles. The summed E-state index contributed by atoms with van der Waals surface area (Å²) in [5.41, 5.74) is 0. The monoisotopic (exact) mass is 281 g/mol. The highest BCUT2D eigenvalue weighted by molar-refractivity contribution is 7.54. The van der Waals surface area contributed by atoms with E-state index < -0.39 is 25.3 Å². The first-order valence-electron chi connectivity index (χ1n) is 5.80. The van der Waals surface area contributed by atoms with Gasteiger partial charge in [-0.05, 0) is 20.8 Å². The van der Waals surface area contributed by atoms with Crippen molar-refractivity contribution in [1.82, 2.24) is 5.06 Å². The SMILES string of the molecule is COP(=O)(OC)[C@H]1[C@@H]2OC(C)(C)O[C@@H]2[C@H](C)N1O. The third kappa shape index (κ3) is 2.04. The van der Waals surface area contributed by atoms with E-state index in [4.69, 9.17) is 18.5 Å². The van der Waals surface area contributed by atoms with Crippen LogP contribution in [0.1, 0.15) is 20.8 Å². The minimum absolute atomic E-state index is 0.347. The third-order valence-corrected chi connectivity index (χ3v) is 5.65. The van der Waals surface area contributed by atoms with Gasteiger partial charge < -0.3 is 23.7 Å². The fraction of sp³-hybridized carbons (Fsp3) is 1.00. The Bertz CT molecular complexity index is 367. The molecule has 18 heavy (non-hydrogen) atoms. The van der Waals surface area contributed by atoms with E-state index in [0.29, 0.717) is 0 Å². The van der Waals surface area contributed by atoms with Crippen LogP contribution in [0.5, 0.6) is 0 Å². The number of ether oxygens (including phenoxy) is 2. The summed E-state index contributed by atoms with van der Waals surface area (Å²) in [5.74, 6) is -1.65. The Hall–Kier alpha value is -0.0100. The molecule has 0 saturated carbocycles. The van der Waals surface area contributed by atoms with Crippen LogP contribution in [0.4, 0.5) is 0 Å². The molecule has 2 aliphatic rings. The number of hydroxylamine groups is 2. The zero-order chi connectivity index (χ0) is 13.7. The Balaban J connectivity index is 2.33. The molecule has 2 saturated heterocycles. The van der Waals surface area contributed by atoms with Crippen molar-refractivity contribution in [2.45, 2.75) is 50.6 Å². The van der Waals surface area contributed by atoms with E-state index in [9.17, 15) is 9.77 Å². The molecule has 0 spiro atoms. The largest absolute Gasteiger partial charge is 0.352 e. The predicted molar refractivity (Wildman–Crippen MR) is 62.3 cm³/mol. The van der Waals surface area contributed by atoms with E-state index >= 15 is 0 Å². The van der Waals surface area contributed by atoms with E-state index in [2.05, 4.69) is 0 Å². The summed E-state index contributed by atoms with van der Waals surface area (Å²) in [7, 11) is -0.900. The zero-order valence-electron chi connectivity index (χ0n) is 11.2. The maximum Gasteiger partial charge on any atom is 0.352 e. The summed E-state index contributed by atoms with van der Waals surface area (Å²) in [4.78, 5) is 0. The third-order valence-electron chi connectivity index (χ3n) is 3.45. The van der Waals surface area contributed by atoms with Gasteiger partial charge in [0.15, 0.2) is 11.6 Å². The van der Waals surface area contributed by atoms with Gasteiger partial charge in [0, 0.05) is 14.2 Å². The zero-order valence-corrected chi connectivity index (χ0v) is 12.1. The van der Waals surface area contributed by atoms with E-state index in [0.717, 1.165) is 5.06 Å². The second-order valence-corrected chi connectivity index (χ2v) is 7.34. The van der Waals surface area contributed by atoms with Crippen molar-refractivity contribution in [1.29, 1.82) is 0 Å². The van der Waals surface area contributed by atoms with Crippen LogP contribution in [0.3, 0.4) is 0 Å². The van der Waals surface area contributed by atoms with Gasteiger partial charge >= 0.3 is 7.60 Å². The van der Waals surface area contributed by atoms with Crippen molar-refractivity contribution in [2.24, 2.45) is 0 Å². The van der Waals surface area contributed by atoms with Crippen molar-refractivity contribution in [2.75, 3.05) is 14.2 Å². The van der Waals surface area contributed by atoms with Gasteiger partial charge in [-0.3, -0.25) is 4.57 Å². The van der Waals surface area contributed by atoms with Crippen molar-refractivity contribution < 1.29 is 28.3 Å². The summed E-state index contributed by atoms with van der Waals surface area (Å²) in [6.45, 7) is 5.33. The maximum absolute atomic E-state index is 12.5. The molecular weight excluding hydrogens is 261 g/mol. The molecule has 0 radical (unpaired) electrons. The first-order valence-corrected chi connectivity index (χ1v) is 7.41. The van der Waals surface area contributed by atoms with Crippen LogP contribution >= 0.6 is 7.60 Å². The van der Waals surface area contributed by atoms with Gasteiger partial charge in [-0.2, -0.15) is 5.06 Å². The van der Waals surface area contributed by atoms with Crippen molar-refractivity contribution >= 4 is 7.60 Å². The summed E-state index contributed by atoms with van der Waals surface area (Å²) < 4.78 is 33.8. The van der Waals surface area contributed by atoms with Gasteiger partial charge in [0.25, 0.3) is 0 Å². The number of fused-ring (bicyclic) bond motifs is 1. The van der Waals surface area contributed by atoms with E-state index in [1.807, 2.05) is 0 Å². The first kappa shape index (κ1) is 14.4. The molecule has 0 aromatic rings. The molecule has 0 unspecified atom stereocenters. The number of hydrogen-bond donors (Lipinski definition) is 1. The van der Waals surface area contributed by atoms with Gasteiger partial charge in [-0.25, -0.2) is 0 Å². The molecule has 1 N–H and O–H groups in total. The Morgan fingerprint density at radius 3 is 2.22 bits per heavy atom. The second kappa shape index (κ2) is 4.52. The summed E-state index contributed by atoms with van der Waals surface area (Å²) in [5, 5.41) is 11.0. The average molecular weight is 281 g/mol. The molecule has 4 atom stereocenters. The number of nitrogens with zero attached hydrogens (tertiary/aromatic N) is 1. The minimum atomic E-state index is -3.48. The quantitative estimate of drug-likeness (QED) is 0.784. The van der Waals surface area contributed by atoms with Gasteiger partial charge in [-0.1, -0.05) is 0 Å². The predicted octanol–water partition coefficient (Wildman–Crippen LogP) is 1.41. The Morgan fingerprint density at radius 1 is 1.22 bits per heavy atom. The fourth-order valence-corrected chi connectivity index (χ4v) is 4.25. The summed E-state index contributed by atoms with van der Waals surface area (Å²) >= 11 is 0. The number of rotatable bonds is 3. The lowest BCUT2D eigenvalue weighted by molar-refractivity contribution is -0.203.